The molecule has 80 valence electrons. The van der Waals surface area contributed by atoms with Crippen LogP contribution in [0.15, 0.2) is 0 Å². The number of rotatable bonds is 7. The largest absolute Gasteiger partial charge is 0.393 e. The van der Waals surface area contributed by atoms with E-state index in [1.165, 1.54) is 0 Å². The van der Waals surface area contributed by atoms with Gasteiger partial charge in [0, 0.05) is 0 Å². The summed E-state index contributed by atoms with van der Waals surface area (Å²) >= 11 is 0. The highest BCUT2D eigenvalue weighted by atomic mass is 16.3. The first kappa shape index (κ1) is 12.9. The minimum absolute atomic E-state index is 0.311. The third-order valence-corrected chi connectivity index (χ3v) is 2.18. The smallest absolute Gasteiger partial charge is 0.0567 e. The second-order valence-corrected chi connectivity index (χ2v) is 4.32. The SMILES string of the molecule is CCCCC(O)CC(O)CC(C)C. The van der Waals surface area contributed by atoms with Crippen LogP contribution < -0.4 is 0 Å². The Morgan fingerprint density at radius 2 is 1.62 bits per heavy atom. The molecule has 2 N–H and O–H groups in total. The molecule has 0 rings (SSSR count). The first-order valence-electron chi connectivity index (χ1n) is 5.42. The Morgan fingerprint density at radius 3 is 2.08 bits per heavy atom. The van der Waals surface area contributed by atoms with Crippen LogP contribution in [0.25, 0.3) is 0 Å². The van der Waals surface area contributed by atoms with Gasteiger partial charge < -0.3 is 10.2 Å². The summed E-state index contributed by atoms with van der Waals surface area (Å²) < 4.78 is 0. The van der Waals surface area contributed by atoms with Gasteiger partial charge in [-0.1, -0.05) is 33.6 Å². The Bertz CT molecular complexity index is 113. The van der Waals surface area contributed by atoms with E-state index in [-0.39, 0.29) is 12.2 Å². The van der Waals surface area contributed by atoms with Gasteiger partial charge in [0.05, 0.1) is 12.2 Å². The first-order valence-corrected chi connectivity index (χ1v) is 5.42. The Balaban J connectivity index is 3.46. The van der Waals surface area contributed by atoms with Gasteiger partial charge >= 0.3 is 0 Å². The molecular weight excluding hydrogens is 164 g/mol. The van der Waals surface area contributed by atoms with E-state index < -0.39 is 0 Å². The van der Waals surface area contributed by atoms with Gasteiger partial charge in [-0.2, -0.15) is 0 Å². The maximum Gasteiger partial charge on any atom is 0.0567 e. The molecule has 0 aromatic rings. The first-order chi connectivity index (χ1) is 6.06. The molecule has 0 aromatic carbocycles. The summed E-state index contributed by atoms with van der Waals surface area (Å²) in [7, 11) is 0. The predicted molar refractivity (Wildman–Crippen MR) is 55.6 cm³/mol. The zero-order valence-corrected chi connectivity index (χ0v) is 9.16. The van der Waals surface area contributed by atoms with Crippen LogP contribution in [-0.2, 0) is 0 Å². The quantitative estimate of drug-likeness (QED) is 0.644. The van der Waals surface area contributed by atoms with Crippen LogP contribution in [-0.4, -0.2) is 22.4 Å². The van der Waals surface area contributed by atoms with Crippen molar-refractivity contribution < 1.29 is 10.2 Å². The summed E-state index contributed by atoms with van der Waals surface area (Å²) in [5.41, 5.74) is 0. The van der Waals surface area contributed by atoms with Crippen LogP contribution in [0.4, 0.5) is 0 Å². The van der Waals surface area contributed by atoms with Crippen LogP contribution in [0.2, 0.25) is 0 Å². The molecule has 2 unspecified atom stereocenters. The molecule has 0 aliphatic carbocycles. The summed E-state index contributed by atoms with van der Waals surface area (Å²) in [6, 6.07) is 0. The van der Waals surface area contributed by atoms with Crippen molar-refractivity contribution in [3.63, 3.8) is 0 Å². The van der Waals surface area contributed by atoms with Crippen LogP contribution in [0.5, 0.6) is 0 Å². The summed E-state index contributed by atoms with van der Waals surface area (Å²) in [5.74, 6) is 0.508. The lowest BCUT2D eigenvalue weighted by atomic mass is 9.99. The van der Waals surface area contributed by atoms with Crippen LogP contribution in [0.3, 0.4) is 0 Å². The lowest BCUT2D eigenvalue weighted by Gasteiger charge is -2.16. The average molecular weight is 188 g/mol. The minimum Gasteiger partial charge on any atom is -0.393 e. The molecule has 0 amide bonds. The monoisotopic (exact) mass is 188 g/mol. The van der Waals surface area contributed by atoms with Gasteiger partial charge in [-0.25, -0.2) is 0 Å². The van der Waals surface area contributed by atoms with E-state index in [1.807, 2.05) is 0 Å². The zero-order valence-electron chi connectivity index (χ0n) is 9.16. The molecule has 0 spiro atoms. The van der Waals surface area contributed by atoms with Crippen LogP contribution >= 0.6 is 0 Å². The van der Waals surface area contributed by atoms with Crippen molar-refractivity contribution in [3.8, 4) is 0 Å². The second kappa shape index (κ2) is 7.34. The third-order valence-electron chi connectivity index (χ3n) is 2.18. The molecule has 0 fully saturated rings. The van der Waals surface area contributed by atoms with Gasteiger partial charge in [0.2, 0.25) is 0 Å². The van der Waals surface area contributed by atoms with Gasteiger partial charge in [0.1, 0.15) is 0 Å². The molecule has 2 nitrogen and oxygen atoms in total. The number of hydrogen-bond acceptors (Lipinski definition) is 2. The van der Waals surface area contributed by atoms with Crippen molar-refractivity contribution >= 4 is 0 Å². The third kappa shape index (κ3) is 8.26. The molecule has 2 heteroatoms. The number of hydrogen-bond donors (Lipinski definition) is 2. The predicted octanol–water partition coefficient (Wildman–Crippen LogP) is 2.33. The number of aliphatic hydroxyl groups excluding tert-OH is 2. The lowest BCUT2D eigenvalue weighted by Crippen LogP contribution is -2.19. The molecule has 0 aliphatic rings. The highest BCUT2D eigenvalue weighted by molar-refractivity contribution is 4.65. The maximum atomic E-state index is 9.53. The van der Waals surface area contributed by atoms with E-state index in [0.717, 1.165) is 25.7 Å². The summed E-state index contributed by atoms with van der Waals surface area (Å²) in [6.07, 6.45) is 3.68. The van der Waals surface area contributed by atoms with Gasteiger partial charge in [0.25, 0.3) is 0 Å². The van der Waals surface area contributed by atoms with Crippen LogP contribution in [0, 0.1) is 5.92 Å². The summed E-state index contributed by atoms with van der Waals surface area (Å²) in [6.45, 7) is 6.28. The Hall–Kier alpha value is -0.0800. The molecule has 2 atom stereocenters. The fraction of sp³-hybridized carbons (Fsp3) is 1.00. The normalized spacial score (nSPS) is 16.2. The Morgan fingerprint density at radius 1 is 1.00 bits per heavy atom. The van der Waals surface area contributed by atoms with E-state index in [1.54, 1.807) is 0 Å². The topological polar surface area (TPSA) is 40.5 Å². The van der Waals surface area contributed by atoms with Gasteiger partial charge in [-0.3, -0.25) is 0 Å². The van der Waals surface area contributed by atoms with E-state index in [9.17, 15) is 10.2 Å². The molecule has 0 radical (unpaired) electrons. The Labute approximate surface area is 82.0 Å². The average Bonchev–Trinajstić information content (AvgIpc) is 1.98. The van der Waals surface area contributed by atoms with Gasteiger partial charge in [-0.15, -0.1) is 0 Å². The molecule has 0 saturated carbocycles. The highest BCUT2D eigenvalue weighted by Crippen LogP contribution is 2.12. The zero-order chi connectivity index (χ0) is 10.3. The summed E-state index contributed by atoms with van der Waals surface area (Å²) in [5, 5.41) is 19.0. The molecule has 0 saturated heterocycles. The second-order valence-electron chi connectivity index (χ2n) is 4.32. The van der Waals surface area contributed by atoms with E-state index >= 15 is 0 Å². The standard InChI is InChI=1S/C11H24O2/c1-4-5-6-10(12)8-11(13)7-9(2)3/h9-13H,4-8H2,1-3H3. The van der Waals surface area contributed by atoms with Crippen molar-refractivity contribution in [3.05, 3.63) is 0 Å². The molecule has 0 aliphatic heterocycles. The molecule has 0 heterocycles. The van der Waals surface area contributed by atoms with Crippen molar-refractivity contribution in [2.24, 2.45) is 5.92 Å². The fourth-order valence-corrected chi connectivity index (χ4v) is 1.51. The van der Waals surface area contributed by atoms with Crippen molar-refractivity contribution in [1.29, 1.82) is 0 Å². The summed E-state index contributed by atoms with van der Waals surface area (Å²) in [4.78, 5) is 0. The van der Waals surface area contributed by atoms with Gasteiger partial charge in [-0.05, 0) is 25.2 Å². The number of aliphatic hydroxyl groups is 2. The Kier molecular flexibility index (Phi) is 7.29. The van der Waals surface area contributed by atoms with Crippen molar-refractivity contribution in [2.45, 2.75) is 65.1 Å². The lowest BCUT2D eigenvalue weighted by molar-refractivity contribution is 0.0631. The van der Waals surface area contributed by atoms with E-state index in [2.05, 4.69) is 20.8 Å². The van der Waals surface area contributed by atoms with Crippen LogP contribution in [0.1, 0.15) is 52.9 Å². The molecule has 13 heavy (non-hydrogen) atoms. The fourth-order valence-electron chi connectivity index (χ4n) is 1.51. The highest BCUT2D eigenvalue weighted by Gasteiger charge is 2.12. The molecule has 0 aromatic heterocycles. The molecular formula is C11H24O2. The van der Waals surface area contributed by atoms with E-state index in [0.29, 0.717) is 12.3 Å². The number of unbranched alkanes of at least 4 members (excludes halogenated alkanes) is 1. The van der Waals surface area contributed by atoms with E-state index in [4.69, 9.17) is 0 Å². The maximum absolute atomic E-state index is 9.53. The molecule has 0 bridgehead atoms. The minimum atomic E-state index is -0.327. The van der Waals surface area contributed by atoms with Crippen molar-refractivity contribution in [2.75, 3.05) is 0 Å². The van der Waals surface area contributed by atoms with Gasteiger partial charge in [0.15, 0.2) is 0 Å². The van der Waals surface area contributed by atoms with Crippen molar-refractivity contribution in [1.82, 2.24) is 0 Å².